The molecule has 1 N–H and O–H groups in total. The molecule has 0 fully saturated rings. The Morgan fingerprint density at radius 2 is 1.93 bits per heavy atom. The molecule has 2 heterocycles. The fraction of sp³-hybridized carbons (Fsp3) is 0.0870. The maximum absolute atomic E-state index is 11.1. The highest BCUT2D eigenvalue weighted by Gasteiger charge is 2.11. The van der Waals surface area contributed by atoms with Crippen molar-refractivity contribution >= 4 is 40.1 Å². The van der Waals surface area contributed by atoms with Gasteiger partial charge in [0.1, 0.15) is 0 Å². The first-order chi connectivity index (χ1) is 14.4. The number of hydrogen-bond acceptors (Lipinski definition) is 3. The third-order valence-corrected chi connectivity index (χ3v) is 5.08. The van der Waals surface area contributed by atoms with Crippen molar-refractivity contribution < 1.29 is 9.90 Å². The smallest absolute Gasteiger partial charge is 0.335 e. The maximum atomic E-state index is 11.1. The molecular formula is C23H17ClN4O2. The lowest BCUT2D eigenvalue weighted by molar-refractivity contribution is 0.0697. The summed E-state index contributed by atoms with van der Waals surface area (Å²) in [5.74, 6) is -1.00. The van der Waals surface area contributed by atoms with Gasteiger partial charge in [0.25, 0.3) is 0 Å². The quantitative estimate of drug-likeness (QED) is 0.472. The number of nitriles is 1. The Kier molecular flexibility index (Phi) is 5.13. The molecule has 0 spiro atoms. The van der Waals surface area contributed by atoms with Gasteiger partial charge in [-0.15, -0.1) is 0 Å². The normalized spacial score (nSPS) is 11.6. The van der Waals surface area contributed by atoms with E-state index in [0.29, 0.717) is 22.7 Å². The molecule has 0 aliphatic heterocycles. The van der Waals surface area contributed by atoms with Gasteiger partial charge in [0.05, 0.1) is 35.5 Å². The topological polar surface area (TPSA) is 83.8 Å². The van der Waals surface area contributed by atoms with Crippen LogP contribution in [0.25, 0.3) is 22.6 Å². The number of aromatic carboxylic acids is 1. The summed E-state index contributed by atoms with van der Waals surface area (Å²) in [6.07, 6.45) is 7.57. The van der Waals surface area contributed by atoms with Crippen LogP contribution in [0.1, 0.15) is 27.0 Å². The summed E-state index contributed by atoms with van der Waals surface area (Å²) in [6.45, 7) is 0.619. The maximum Gasteiger partial charge on any atom is 0.335 e. The van der Waals surface area contributed by atoms with Crippen molar-refractivity contribution in [3.8, 4) is 6.07 Å². The number of halogens is 1. The van der Waals surface area contributed by atoms with Crippen molar-refractivity contribution in [1.29, 1.82) is 5.26 Å². The van der Waals surface area contributed by atoms with Gasteiger partial charge in [-0.2, -0.15) is 10.4 Å². The monoisotopic (exact) mass is 416 g/mol. The fourth-order valence-electron chi connectivity index (χ4n) is 3.42. The third-order valence-electron chi connectivity index (χ3n) is 4.85. The standard InChI is InChI=1S/C23H17ClN4O2/c1-27-12-15(11-26-27)13-28-14-19(21-7-6-20(24)9-22(21)28)8-18(10-25)16-2-4-17(5-3-16)23(29)30/h2-9,11-12,14H,13H2,1H3,(H,29,30). The van der Waals surface area contributed by atoms with Crippen molar-refractivity contribution in [1.82, 2.24) is 14.3 Å². The number of allylic oxidation sites excluding steroid dienone is 1. The number of carbonyl (C=O) groups is 1. The van der Waals surface area contributed by atoms with E-state index in [9.17, 15) is 10.1 Å². The van der Waals surface area contributed by atoms with Gasteiger partial charge in [-0.25, -0.2) is 4.79 Å². The van der Waals surface area contributed by atoms with Crippen LogP contribution in [0, 0.1) is 11.3 Å². The molecule has 0 aliphatic rings. The third kappa shape index (κ3) is 3.84. The molecule has 4 rings (SSSR count). The van der Waals surface area contributed by atoms with E-state index in [1.54, 1.807) is 16.8 Å². The molecule has 7 heteroatoms. The second-order valence-corrected chi connectivity index (χ2v) is 7.38. The summed E-state index contributed by atoms with van der Waals surface area (Å²) in [5, 5.41) is 24.6. The van der Waals surface area contributed by atoms with E-state index >= 15 is 0 Å². The number of nitrogens with zero attached hydrogens (tertiary/aromatic N) is 4. The summed E-state index contributed by atoms with van der Waals surface area (Å²) in [5.41, 5.74) is 4.17. The van der Waals surface area contributed by atoms with Crippen LogP contribution in [0.3, 0.4) is 0 Å². The Balaban J connectivity index is 1.79. The SMILES string of the molecule is Cn1cc(Cn2cc(C=C(C#N)c3ccc(C(=O)O)cc3)c3ccc(Cl)cc32)cn1. The van der Waals surface area contributed by atoms with Crippen LogP contribution in [0.5, 0.6) is 0 Å². The van der Waals surface area contributed by atoms with Gasteiger partial charge < -0.3 is 9.67 Å². The Labute approximate surface area is 177 Å². The number of rotatable bonds is 5. The minimum Gasteiger partial charge on any atom is -0.478 e. The van der Waals surface area contributed by atoms with E-state index in [0.717, 1.165) is 22.0 Å². The number of hydrogen-bond donors (Lipinski definition) is 1. The van der Waals surface area contributed by atoms with Crippen molar-refractivity contribution in [2.75, 3.05) is 0 Å². The summed E-state index contributed by atoms with van der Waals surface area (Å²) >= 11 is 6.23. The van der Waals surface area contributed by atoms with Crippen molar-refractivity contribution in [2.24, 2.45) is 7.05 Å². The fourth-order valence-corrected chi connectivity index (χ4v) is 3.58. The Morgan fingerprint density at radius 1 is 1.20 bits per heavy atom. The number of fused-ring (bicyclic) bond motifs is 1. The van der Waals surface area contributed by atoms with E-state index in [1.165, 1.54) is 12.1 Å². The van der Waals surface area contributed by atoms with E-state index in [4.69, 9.17) is 16.7 Å². The molecule has 30 heavy (non-hydrogen) atoms. The minimum absolute atomic E-state index is 0.179. The number of carboxylic acid groups (broad SMARTS) is 1. The largest absolute Gasteiger partial charge is 0.478 e. The van der Waals surface area contributed by atoms with Gasteiger partial charge >= 0.3 is 5.97 Å². The van der Waals surface area contributed by atoms with Crippen molar-refractivity contribution in [3.05, 3.63) is 88.3 Å². The minimum atomic E-state index is -1.00. The van der Waals surface area contributed by atoms with Gasteiger partial charge in [-0.05, 0) is 35.9 Å². The molecule has 0 atom stereocenters. The molecule has 2 aromatic heterocycles. The number of carboxylic acids is 1. The first-order valence-corrected chi connectivity index (χ1v) is 9.54. The van der Waals surface area contributed by atoms with Gasteiger partial charge in [-0.3, -0.25) is 4.68 Å². The molecular weight excluding hydrogens is 400 g/mol. The molecule has 4 aromatic rings. The Morgan fingerprint density at radius 3 is 2.57 bits per heavy atom. The van der Waals surface area contributed by atoms with Gasteiger partial charge in [0.2, 0.25) is 0 Å². The van der Waals surface area contributed by atoms with Gasteiger partial charge in [0, 0.05) is 41.0 Å². The average molecular weight is 417 g/mol. The summed E-state index contributed by atoms with van der Waals surface area (Å²) in [4.78, 5) is 11.1. The van der Waals surface area contributed by atoms with Crippen LogP contribution in [-0.2, 0) is 13.6 Å². The predicted octanol–water partition coefficient (Wildman–Crippen LogP) is 4.84. The van der Waals surface area contributed by atoms with Crippen LogP contribution < -0.4 is 0 Å². The highest BCUT2D eigenvalue weighted by atomic mass is 35.5. The van der Waals surface area contributed by atoms with Crippen LogP contribution >= 0.6 is 11.6 Å². The average Bonchev–Trinajstić information content (AvgIpc) is 3.29. The summed E-state index contributed by atoms with van der Waals surface area (Å²) in [7, 11) is 1.87. The number of aromatic nitrogens is 3. The molecule has 0 radical (unpaired) electrons. The summed E-state index contributed by atoms with van der Waals surface area (Å²) < 4.78 is 3.83. The molecule has 0 aliphatic carbocycles. The second-order valence-electron chi connectivity index (χ2n) is 6.95. The molecule has 2 aromatic carbocycles. The highest BCUT2D eigenvalue weighted by molar-refractivity contribution is 6.31. The number of aryl methyl sites for hydroxylation is 1. The summed E-state index contributed by atoms with van der Waals surface area (Å²) in [6, 6.07) is 14.2. The van der Waals surface area contributed by atoms with E-state index in [2.05, 4.69) is 15.7 Å². The highest BCUT2D eigenvalue weighted by Crippen LogP contribution is 2.29. The number of benzene rings is 2. The van der Waals surface area contributed by atoms with Crippen LogP contribution in [0.2, 0.25) is 5.02 Å². The molecule has 6 nitrogen and oxygen atoms in total. The Hall–Kier alpha value is -3.82. The molecule has 0 bridgehead atoms. The first-order valence-electron chi connectivity index (χ1n) is 9.16. The molecule has 0 amide bonds. The molecule has 0 saturated heterocycles. The van der Waals surface area contributed by atoms with Crippen LogP contribution in [0.4, 0.5) is 0 Å². The van der Waals surface area contributed by atoms with Crippen molar-refractivity contribution in [2.45, 2.75) is 6.54 Å². The van der Waals surface area contributed by atoms with Gasteiger partial charge in [-0.1, -0.05) is 29.8 Å². The zero-order valence-corrected chi connectivity index (χ0v) is 16.8. The van der Waals surface area contributed by atoms with E-state index in [1.807, 2.05) is 49.9 Å². The van der Waals surface area contributed by atoms with E-state index in [-0.39, 0.29) is 5.56 Å². The van der Waals surface area contributed by atoms with Crippen LogP contribution in [-0.4, -0.2) is 25.4 Å². The zero-order chi connectivity index (χ0) is 21.3. The lowest BCUT2D eigenvalue weighted by Gasteiger charge is -2.03. The van der Waals surface area contributed by atoms with Gasteiger partial charge in [0.15, 0.2) is 0 Å². The molecule has 0 saturated carbocycles. The van der Waals surface area contributed by atoms with Crippen molar-refractivity contribution in [3.63, 3.8) is 0 Å². The zero-order valence-electron chi connectivity index (χ0n) is 16.1. The van der Waals surface area contributed by atoms with E-state index < -0.39 is 5.97 Å². The molecule has 0 unspecified atom stereocenters. The first kappa shape index (κ1) is 19.5. The van der Waals surface area contributed by atoms with Crippen LogP contribution in [0.15, 0.2) is 61.1 Å². The Bertz CT molecular complexity index is 1320. The lowest BCUT2D eigenvalue weighted by Crippen LogP contribution is -1.96. The second kappa shape index (κ2) is 7.90. The molecule has 148 valence electrons. The predicted molar refractivity (Wildman–Crippen MR) is 116 cm³/mol. The lowest BCUT2D eigenvalue weighted by atomic mass is 10.0.